The second-order valence-electron chi connectivity index (χ2n) is 10.9. The molecule has 3 aromatic heterocycles. The number of aryl methyl sites for hydroxylation is 1. The van der Waals surface area contributed by atoms with E-state index in [1.54, 1.807) is 17.4 Å². The summed E-state index contributed by atoms with van der Waals surface area (Å²) in [6.07, 6.45) is 9.21. The van der Waals surface area contributed by atoms with Crippen LogP contribution in [-0.2, 0) is 0 Å². The maximum absolute atomic E-state index is 15.2. The van der Waals surface area contributed by atoms with Crippen LogP contribution in [0.3, 0.4) is 0 Å². The number of thiophene rings is 1. The Morgan fingerprint density at radius 3 is 2.73 bits per heavy atom. The number of nitrogen functional groups attached to an aromatic ring is 1. The SMILES string of the molecule is Cc1csc2c(-n3nc(Nc4ccc(C5CCN([C@H]6C[C@@H]7CC[C@H]6C7)CC5)c(F)c4)nc3N)ncnc12. The van der Waals surface area contributed by atoms with Gasteiger partial charge in [0.25, 0.3) is 0 Å². The van der Waals surface area contributed by atoms with E-state index < -0.39 is 0 Å². The number of aromatic nitrogens is 5. The quantitative estimate of drug-likeness (QED) is 0.364. The molecule has 1 saturated heterocycles. The van der Waals surface area contributed by atoms with Gasteiger partial charge in [-0.3, -0.25) is 0 Å². The van der Waals surface area contributed by atoms with Crippen LogP contribution in [0, 0.1) is 24.6 Å². The maximum atomic E-state index is 15.2. The van der Waals surface area contributed by atoms with Crippen molar-refractivity contribution in [3.8, 4) is 5.82 Å². The number of likely N-dealkylation sites (tertiary alicyclic amines) is 1. The van der Waals surface area contributed by atoms with Gasteiger partial charge in [-0.1, -0.05) is 12.5 Å². The Hall–Kier alpha value is -3.11. The van der Waals surface area contributed by atoms with Gasteiger partial charge in [-0.2, -0.15) is 9.67 Å². The van der Waals surface area contributed by atoms with E-state index in [-0.39, 0.29) is 17.7 Å². The molecule has 4 heterocycles. The largest absolute Gasteiger partial charge is 0.368 e. The van der Waals surface area contributed by atoms with Crippen LogP contribution in [0.2, 0.25) is 0 Å². The number of halogens is 1. The van der Waals surface area contributed by atoms with E-state index in [1.165, 1.54) is 36.7 Å². The molecule has 3 N–H and O–H groups in total. The molecule has 1 aromatic carbocycles. The number of anilines is 3. The highest BCUT2D eigenvalue weighted by molar-refractivity contribution is 7.17. The molecule has 0 unspecified atom stereocenters. The number of nitrogens with one attached hydrogen (secondary N) is 1. The van der Waals surface area contributed by atoms with Crippen molar-refractivity contribution >= 4 is 39.1 Å². The summed E-state index contributed by atoms with van der Waals surface area (Å²) in [6, 6.07) is 6.14. The standard InChI is InChI=1S/C27H31FN8S/c1-15-13-37-24-23(15)30-14-31-25(24)36-26(29)33-27(34-36)32-19-4-5-20(21(28)12-19)17-6-8-35(9-7-17)22-11-16-2-3-18(22)10-16/h4-5,12-14,16-18,22H,2-3,6-11H2,1H3,(H3,29,32,33,34)/t16-,18+,22+/m1/s1. The highest BCUT2D eigenvalue weighted by Gasteiger charge is 2.43. The van der Waals surface area contributed by atoms with Crippen molar-refractivity contribution in [2.45, 2.75) is 57.4 Å². The fourth-order valence-electron chi connectivity index (χ4n) is 6.91. The van der Waals surface area contributed by atoms with E-state index in [0.717, 1.165) is 65.2 Å². The third-order valence-corrected chi connectivity index (χ3v) is 9.82. The summed E-state index contributed by atoms with van der Waals surface area (Å²) in [4.78, 5) is 15.8. The van der Waals surface area contributed by atoms with Gasteiger partial charge in [0.15, 0.2) is 5.82 Å². The van der Waals surface area contributed by atoms with E-state index in [2.05, 4.69) is 30.3 Å². The van der Waals surface area contributed by atoms with Crippen molar-refractivity contribution < 1.29 is 4.39 Å². The van der Waals surface area contributed by atoms with Crippen LogP contribution in [0.5, 0.6) is 0 Å². The van der Waals surface area contributed by atoms with Gasteiger partial charge in [0.1, 0.15) is 12.1 Å². The van der Waals surface area contributed by atoms with E-state index in [0.29, 0.717) is 17.5 Å². The van der Waals surface area contributed by atoms with Crippen LogP contribution in [-0.4, -0.2) is 48.8 Å². The highest BCUT2D eigenvalue weighted by Crippen LogP contribution is 2.47. The lowest BCUT2D eigenvalue weighted by atomic mass is 9.86. The van der Waals surface area contributed by atoms with Gasteiger partial charge < -0.3 is 16.0 Å². The summed E-state index contributed by atoms with van der Waals surface area (Å²) >= 11 is 1.54. The number of nitrogens with two attached hydrogens (primary N) is 1. The Kier molecular flexibility index (Phi) is 5.62. The van der Waals surface area contributed by atoms with Gasteiger partial charge in [-0.05, 0) is 98.5 Å². The minimum Gasteiger partial charge on any atom is -0.368 e. The molecule has 2 bridgehead atoms. The van der Waals surface area contributed by atoms with Crippen molar-refractivity contribution in [3.63, 3.8) is 0 Å². The van der Waals surface area contributed by atoms with Gasteiger partial charge in [-0.15, -0.1) is 16.4 Å². The normalized spacial score (nSPS) is 24.3. The zero-order valence-corrected chi connectivity index (χ0v) is 21.7. The van der Waals surface area contributed by atoms with E-state index in [4.69, 9.17) is 5.73 Å². The zero-order valence-electron chi connectivity index (χ0n) is 20.9. The lowest BCUT2D eigenvalue weighted by molar-refractivity contribution is 0.110. The summed E-state index contributed by atoms with van der Waals surface area (Å²) < 4.78 is 17.6. The zero-order chi connectivity index (χ0) is 25.1. The third kappa shape index (κ3) is 4.06. The van der Waals surface area contributed by atoms with Crippen molar-refractivity contribution in [2.75, 3.05) is 24.1 Å². The topological polar surface area (TPSA) is 97.8 Å². The molecule has 192 valence electrons. The number of rotatable bonds is 5. The Morgan fingerprint density at radius 2 is 1.97 bits per heavy atom. The molecule has 0 spiro atoms. The fourth-order valence-corrected chi connectivity index (χ4v) is 7.88. The van der Waals surface area contributed by atoms with E-state index in [1.807, 2.05) is 24.4 Å². The molecular weight excluding hydrogens is 487 g/mol. The summed E-state index contributed by atoms with van der Waals surface area (Å²) in [5.74, 6) is 3.04. The van der Waals surface area contributed by atoms with E-state index >= 15 is 4.39 Å². The number of fused-ring (bicyclic) bond motifs is 3. The molecule has 0 radical (unpaired) electrons. The van der Waals surface area contributed by atoms with Crippen molar-refractivity contribution in [3.05, 3.63) is 46.9 Å². The Balaban J connectivity index is 1.04. The molecule has 3 aliphatic rings. The van der Waals surface area contributed by atoms with Crippen molar-refractivity contribution in [2.24, 2.45) is 11.8 Å². The predicted molar refractivity (Wildman–Crippen MR) is 144 cm³/mol. The average Bonchev–Trinajstić information content (AvgIpc) is 3.69. The Bertz CT molecular complexity index is 1460. The van der Waals surface area contributed by atoms with Crippen LogP contribution >= 0.6 is 11.3 Å². The fraction of sp³-hybridized carbons (Fsp3) is 0.481. The molecule has 2 saturated carbocycles. The summed E-state index contributed by atoms with van der Waals surface area (Å²) in [5.41, 5.74) is 9.53. The second-order valence-corrected chi connectivity index (χ2v) is 11.8. The average molecular weight is 519 g/mol. The number of piperidine rings is 1. The summed E-state index contributed by atoms with van der Waals surface area (Å²) in [7, 11) is 0. The van der Waals surface area contributed by atoms with Gasteiger partial charge in [0.2, 0.25) is 11.9 Å². The molecule has 1 aliphatic heterocycles. The smallest absolute Gasteiger partial charge is 0.248 e. The molecule has 2 aliphatic carbocycles. The molecule has 3 atom stereocenters. The van der Waals surface area contributed by atoms with Crippen LogP contribution in [0.25, 0.3) is 16.0 Å². The number of hydrogen-bond acceptors (Lipinski definition) is 8. The lowest BCUT2D eigenvalue weighted by Gasteiger charge is -2.39. The molecule has 3 fully saturated rings. The van der Waals surface area contributed by atoms with Gasteiger partial charge in [-0.25, -0.2) is 14.4 Å². The van der Waals surface area contributed by atoms with Crippen LogP contribution in [0.15, 0.2) is 29.9 Å². The minimum absolute atomic E-state index is 0.178. The van der Waals surface area contributed by atoms with Crippen LogP contribution in [0.1, 0.15) is 55.6 Å². The minimum atomic E-state index is -0.178. The second kappa shape index (κ2) is 9.02. The van der Waals surface area contributed by atoms with Gasteiger partial charge >= 0.3 is 0 Å². The first-order valence-corrected chi connectivity index (χ1v) is 14.1. The van der Waals surface area contributed by atoms with Gasteiger partial charge in [0.05, 0.1) is 10.2 Å². The van der Waals surface area contributed by atoms with Gasteiger partial charge in [0, 0.05) is 11.7 Å². The maximum Gasteiger partial charge on any atom is 0.248 e. The monoisotopic (exact) mass is 518 g/mol. The summed E-state index contributed by atoms with van der Waals surface area (Å²) in [6.45, 7) is 4.17. The molecule has 37 heavy (non-hydrogen) atoms. The first-order valence-electron chi connectivity index (χ1n) is 13.3. The summed E-state index contributed by atoms with van der Waals surface area (Å²) in [5, 5.41) is 9.63. The molecule has 0 amide bonds. The Morgan fingerprint density at radius 1 is 1.11 bits per heavy atom. The Labute approximate surface area is 219 Å². The molecular formula is C27H31FN8S. The number of nitrogens with zero attached hydrogens (tertiary/aromatic N) is 6. The lowest BCUT2D eigenvalue weighted by Crippen LogP contribution is -2.43. The third-order valence-electron chi connectivity index (χ3n) is 8.74. The van der Waals surface area contributed by atoms with E-state index in [9.17, 15) is 0 Å². The highest BCUT2D eigenvalue weighted by atomic mass is 32.1. The number of benzene rings is 1. The number of hydrogen-bond donors (Lipinski definition) is 2. The molecule has 4 aromatic rings. The predicted octanol–water partition coefficient (Wildman–Crippen LogP) is 5.41. The first kappa shape index (κ1) is 23.0. The van der Waals surface area contributed by atoms with Crippen molar-refractivity contribution in [1.82, 2.24) is 29.6 Å². The molecule has 8 nitrogen and oxygen atoms in total. The van der Waals surface area contributed by atoms with Crippen LogP contribution < -0.4 is 11.1 Å². The first-order chi connectivity index (χ1) is 18.0. The molecule has 10 heteroatoms. The van der Waals surface area contributed by atoms with Crippen LogP contribution in [0.4, 0.5) is 22.0 Å². The van der Waals surface area contributed by atoms with Crippen molar-refractivity contribution in [1.29, 1.82) is 0 Å². The molecule has 7 rings (SSSR count).